The number of amides is 2. The lowest BCUT2D eigenvalue weighted by Crippen LogP contribution is -2.43. The Morgan fingerprint density at radius 3 is 2.35 bits per heavy atom. The lowest BCUT2D eigenvalue weighted by molar-refractivity contribution is 0.232. The second-order valence-electron chi connectivity index (χ2n) is 7.34. The number of hydrogen-bond acceptors (Lipinski definition) is 2. The summed E-state index contributed by atoms with van der Waals surface area (Å²) in [6.45, 7) is 1.29. The third kappa shape index (κ3) is 4.61. The SMILES string of the molecule is CN(C)CC(NC(=O)NCC1(c2ccc(F)cc2)CC1)c1ccccc1. The van der Waals surface area contributed by atoms with Crippen LogP contribution in [0.5, 0.6) is 0 Å². The molecule has 0 spiro atoms. The van der Waals surface area contributed by atoms with Crippen molar-refractivity contribution in [1.82, 2.24) is 15.5 Å². The van der Waals surface area contributed by atoms with Crippen LogP contribution in [0.3, 0.4) is 0 Å². The Morgan fingerprint density at radius 2 is 1.77 bits per heavy atom. The van der Waals surface area contributed by atoms with Gasteiger partial charge in [-0.3, -0.25) is 0 Å². The van der Waals surface area contributed by atoms with Crippen LogP contribution in [-0.2, 0) is 5.41 Å². The molecule has 0 aromatic heterocycles. The van der Waals surface area contributed by atoms with Crippen molar-refractivity contribution in [2.24, 2.45) is 0 Å². The summed E-state index contributed by atoms with van der Waals surface area (Å²) >= 11 is 0. The zero-order valence-corrected chi connectivity index (χ0v) is 15.3. The van der Waals surface area contributed by atoms with Gasteiger partial charge in [0.25, 0.3) is 0 Å². The Hall–Kier alpha value is -2.40. The van der Waals surface area contributed by atoms with Crippen LogP contribution in [0.15, 0.2) is 54.6 Å². The zero-order chi connectivity index (χ0) is 18.6. The topological polar surface area (TPSA) is 44.4 Å². The van der Waals surface area contributed by atoms with Crippen LogP contribution in [0.2, 0.25) is 0 Å². The number of urea groups is 1. The van der Waals surface area contributed by atoms with Crippen LogP contribution in [0.4, 0.5) is 9.18 Å². The van der Waals surface area contributed by atoms with E-state index in [9.17, 15) is 9.18 Å². The Bertz CT molecular complexity index is 727. The number of nitrogens with one attached hydrogen (secondary N) is 2. The molecule has 1 unspecified atom stereocenters. The van der Waals surface area contributed by atoms with Gasteiger partial charge in [0, 0.05) is 18.5 Å². The van der Waals surface area contributed by atoms with Crippen molar-refractivity contribution in [3.63, 3.8) is 0 Å². The molecule has 138 valence electrons. The minimum Gasteiger partial charge on any atom is -0.337 e. The first kappa shape index (κ1) is 18.4. The fraction of sp³-hybridized carbons (Fsp3) is 0.381. The average Bonchev–Trinajstić information content (AvgIpc) is 3.42. The molecule has 2 amide bonds. The molecule has 26 heavy (non-hydrogen) atoms. The van der Waals surface area contributed by atoms with Crippen molar-refractivity contribution < 1.29 is 9.18 Å². The lowest BCUT2D eigenvalue weighted by Gasteiger charge is -2.24. The highest BCUT2D eigenvalue weighted by molar-refractivity contribution is 5.74. The van der Waals surface area contributed by atoms with Gasteiger partial charge in [-0.15, -0.1) is 0 Å². The molecular weight excluding hydrogens is 329 g/mol. The Labute approximate surface area is 154 Å². The number of likely N-dealkylation sites (N-methyl/N-ethyl adjacent to an activating group) is 1. The summed E-state index contributed by atoms with van der Waals surface area (Å²) in [6.07, 6.45) is 2.03. The van der Waals surface area contributed by atoms with Crippen molar-refractivity contribution in [3.05, 3.63) is 71.5 Å². The maximum absolute atomic E-state index is 13.1. The van der Waals surface area contributed by atoms with Crippen molar-refractivity contribution >= 4 is 6.03 Å². The zero-order valence-electron chi connectivity index (χ0n) is 15.3. The summed E-state index contributed by atoms with van der Waals surface area (Å²) in [6, 6.07) is 16.3. The van der Waals surface area contributed by atoms with Gasteiger partial charge in [0.15, 0.2) is 0 Å². The van der Waals surface area contributed by atoms with E-state index in [-0.39, 0.29) is 23.3 Å². The van der Waals surface area contributed by atoms with Gasteiger partial charge < -0.3 is 15.5 Å². The number of halogens is 1. The number of benzene rings is 2. The smallest absolute Gasteiger partial charge is 0.315 e. The molecule has 1 saturated carbocycles. The summed E-state index contributed by atoms with van der Waals surface area (Å²) in [7, 11) is 3.98. The van der Waals surface area contributed by atoms with Crippen LogP contribution < -0.4 is 10.6 Å². The van der Waals surface area contributed by atoms with E-state index in [4.69, 9.17) is 0 Å². The molecular formula is C21H26FN3O. The molecule has 2 aromatic rings. The normalized spacial score (nSPS) is 16.2. The molecule has 0 bridgehead atoms. The summed E-state index contributed by atoms with van der Waals surface area (Å²) < 4.78 is 13.1. The third-order valence-electron chi connectivity index (χ3n) is 4.95. The second-order valence-corrected chi connectivity index (χ2v) is 7.34. The standard InChI is InChI=1S/C21H26FN3O/c1-25(2)14-19(16-6-4-3-5-7-16)24-20(26)23-15-21(12-13-21)17-8-10-18(22)11-9-17/h3-11,19H,12-15H2,1-2H3,(H2,23,24,26). The van der Waals surface area contributed by atoms with Gasteiger partial charge in [0.2, 0.25) is 0 Å². The summed E-state index contributed by atoms with van der Waals surface area (Å²) in [5.41, 5.74) is 2.12. The molecule has 1 aliphatic rings. The largest absolute Gasteiger partial charge is 0.337 e. The van der Waals surface area contributed by atoms with Crippen molar-refractivity contribution in [1.29, 1.82) is 0 Å². The van der Waals surface area contributed by atoms with Crippen molar-refractivity contribution in [3.8, 4) is 0 Å². The first-order valence-corrected chi connectivity index (χ1v) is 8.99. The quantitative estimate of drug-likeness (QED) is 0.799. The highest BCUT2D eigenvalue weighted by atomic mass is 19.1. The summed E-state index contributed by atoms with van der Waals surface area (Å²) in [5, 5.41) is 6.08. The van der Waals surface area contributed by atoms with E-state index < -0.39 is 0 Å². The number of nitrogens with zero attached hydrogens (tertiary/aromatic N) is 1. The van der Waals surface area contributed by atoms with Crippen molar-refractivity contribution in [2.75, 3.05) is 27.2 Å². The van der Waals surface area contributed by atoms with E-state index in [0.29, 0.717) is 6.54 Å². The molecule has 2 aromatic carbocycles. The molecule has 1 atom stereocenters. The number of carbonyl (C=O) groups is 1. The van der Waals surface area contributed by atoms with E-state index in [1.807, 2.05) is 56.6 Å². The Balaban J connectivity index is 1.59. The fourth-order valence-corrected chi connectivity index (χ4v) is 3.27. The monoisotopic (exact) mass is 355 g/mol. The fourth-order valence-electron chi connectivity index (χ4n) is 3.27. The molecule has 4 nitrogen and oxygen atoms in total. The minimum atomic E-state index is -0.232. The van der Waals surface area contributed by atoms with Gasteiger partial charge in [0.1, 0.15) is 5.82 Å². The number of rotatable bonds is 7. The third-order valence-corrected chi connectivity index (χ3v) is 4.95. The molecule has 1 aliphatic carbocycles. The molecule has 0 saturated heterocycles. The van der Waals surface area contributed by atoms with Gasteiger partial charge in [-0.05, 0) is 50.2 Å². The molecule has 1 fully saturated rings. The maximum Gasteiger partial charge on any atom is 0.315 e. The molecule has 0 aliphatic heterocycles. The Kier molecular flexibility index (Phi) is 5.57. The summed E-state index contributed by atoms with van der Waals surface area (Å²) in [4.78, 5) is 14.5. The lowest BCUT2D eigenvalue weighted by atomic mass is 9.96. The van der Waals surface area contributed by atoms with Crippen molar-refractivity contribution in [2.45, 2.75) is 24.3 Å². The number of carbonyl (C=O) groups excluding carboxylic acids is 1. The first-order valence-electron chi connectivity index (χ1n) is 8.99. The first-order chi connectivity index (χ1) is 12.5. The van der Waals surface area contributed by atoms with E-state index in [0.717, 1.165) is 30.5 Å². The predicted octanol–water partition coefficient (Wildman–Crippen LogP) is 3.46. The van der Waals surface area contributed by atoms with E-state index in [1.165, 1.54) is 12.1 Å². The number of hydrogen-bond donors (Lipinski definition) is 2. The molecule has 3 rings (SSSR count). The molecule has 5 heteroatoms. The molecule has 0 heterocycles. The maximum atomic E-state index is 13.1. The average molecular weight is 355 g/mol. The van der Waals surface area contributed by atoms with Crippen LogP contribution in [0, 0.1) is 5.82 Å². The molecule has 0 radical (unpaired) electrons. The molecule has 2 N–H and O–H groups in total. The van der Waals surface area contributed by atoms with Gasteiger partial charge in [-0.25, -0.2) is 9.18 Å². The van der Waals surface area contributed by atoms with Gasteiger partial charge >= 0.3 is 6.03 Å². The van der Waals surface area contributed by atoms with Gasteiger partial charge in [0.05, 0.1) is 6.04 Å². The van der Waals surface area contributed by atoms with Crippen LogP contribution >= 0.6 is 0 Å². The van der Waals surface area contributed by atoms with Crippen LogP contribution in [-0.4, -0.2) is 38.1 Å². The van der Waals surface area contributed by atoms with E-state index >= 15 is 0 Å². The highest BCUT2D eigenvalue weighted by Gasteiger charge is 2.44. The second kappa shape index (κ2) is 7.87. The van der Waals surface area contributed by atoms with Crippen LogP contribution in [0.1, 0.15) is 30.0 Å². The Morgan fingerprint density at radius 1 is 1.12 bits per heavy atom. The van der Waals surface area contributed by atoms with Gasteiger partial charge in [-0.2, -0.15) is 0 Å². The van der Waals surface area contributed by atoms with E-state index in [1.54, 1.807) is 0 Å². The summed E-state index contributed by atoms with van der Waals surface area (Å²) in [5.74, 6) is -0.232. The van der Waals surface area contributed by atoms with Crippen LogP contribution in [0.25, 0.3) is 0 Å². The van der Waals surface area contributed by atoms with E-state index in [2.05, 4.69) is 15.5 Å². The minimum absolute atomic E-state index is 0.0468. The highest BCUT2D eigenvalue weighted by Crippen LogP contribution is 2.47. The predicted molar refractivity (Wildman–Crippen MR) is 102 cm³/mol. The van der Waals surface area contributed by atoms with Gasteiger partial charge in [-0.1, -0.05) is 42.5 Å².